The molecule has 0 amide bonds. The zero-order valence-corrected chi connectivity index (χ0v) is 8.78. The van der Waals surface area contributed by atoms with Gasteiger partial charge in [-0.15, -0.1) is 0 Å². The highest BCUT2D eigenvalue weighted by atomic mass is 16.1. The summed E-state index contributed by atoms with van der Waals surface area (Å²) in [5.41, 5.74) is 1.08. The molecule has 0 aliphatic heterocycles. The number of hydrogen-bond donors (Lipinski definition) is 1. The molecular weight excluding hydrogens is 188 g/mol. The lowest BCUT2D eigenvalue weighted by molar-refractivity contribution is 0.670. The summed E-state index contributed by atoms with van der Waals surface area (Å²) in [6, 6.07) is 5.88. The van der Waals surface area contributed by atoms with Crippen molar-refractivity contribution in [3.8, 4) is 0 Å². The maximum atomic E-state index is 11.4. The average molecular weight is 204 g/mol. The molecule has 3 nitrogen and oxygen atoms in total. The molecule has 15 heavy (non-hydrogen) atoms. The molecule has 1 heterocycles. The van der Waals surface area contributed by atoms with Gasteiger partial charge < -0.3 is 9.88 Å². The van der Waals surface area contributed by atoms with Crippen LogP contribution in [-0.4, -0.2) is 17.2 Å². The van der Waals surface area contributed by atoms with Crippen LogP contribution in [0.2, 0.25) is 0 Å². The van der Waals surface area contributed by atoms with E-state index >= 15 is 0 Å². The van der Waals surface area contributed by atoms with Crippen molar-refractivity contribution in [2.24, 2.45) is 0 Å². The summed E-state index contributed by atoms with van der Waals surface area (Å²) < 4.78 is 1.68. The highest BCUT2D eigenvalue weighted by molar-refractivity contribution is 5.02. The minimum Gasteiger partial charge on any atom is -0.311 e. The van der Waals surface area contributed by atoms with E-state index in [1.165, 1.54) is 12.8 Å². The van der Waals surface area contributed by atoms with Gasteiger partial charge in [-0.2, -0.15) is 0 Å². The maximum absolute atomic E-state index is 11.4. The molecule has 1 aromatic heterocycles. The molecule has 0 unspecified atom stereocenters. The summed E-state index contributed by atoms with van der Waals surface area (Å²) in [5.74, 6) is 0. The second-order valence-corrected chi connectivity index (χ2v) is 4.07. The van der Waals surface area contributed by atoms with Crippen LogP contribution in [0.3, 0.4) is 0 Å². The van der Waals surface area contributed by atoms with Gasteiger partial charge in [-0.05, 0) is 24.5 Å². The van der Waals surface area contributed by atoms with Crippen LogP contribution < -0.4 is 10.9 Å². The number of hydrogen-bond acceptors (Lipinski definition) is 2. The van der Waals surface area contributed by atoms with E-state index < -0.39 is 0 Å². The minimum atomic E-state index is 0.0325. The van der Waals surface area contributed by atoms with E-state index in [4.69, 9.17) is 0 Å². The Labute approximate surface area is 89.4 Å². The van der Waals surface area contributed by atoms with E-state index in [-0.39, 0.29) is 5.56 Å². The van der Waals surface area contributed by atoms with E-state index in [1.54, 1.807) is 22.9 Å². The minimum absolute atomic E-state index is 0.0325. The molecule has 1 aromatic rings. The first kappa shape index (κ1) is 10.2. The van der Waals surface area contributed by atoms with Crippen molar-refractivity contribution in [2.75, 3.05) is 6.54 Å². The number of pyridine rings is 1. The molecule has 80 valence electrons. The summed E-state index contributed by atoms with van der Waals surface area (Å²) in [5, 5.41) is 3.38. The van der Waals surface area contributed by atoms with Crippen molar-refractivity contribution in [1.29, 1.82) is 0 Å². The third kappa shape index (κ3) is 3.06. The Morgan fingerprint density at radius 1 is 1.53 bits per heavy atom. The Bertz CT molecular complexity index is 404. The largest absolute Gasteiger partial charge is 0.311 e. The van der Waals surface area contributed by atoms with Crippen molar-refractivity contribution >= 4 is 0 Å². The molecular formula is C12H16N2O. The number of aromatic nitrogens is 1. The van der Waals surface area contributed by atoms with Gasteiger partial charge in [-0.1, -0.05) is 12.6 Å². The third-order valence-corrected chi connectivity index (χ3v) is 2.51. The molecule has 1 fully saturated rings. The SMILES string of the molecule is C=C(CNC1CC1)Cn1ccccc1=O. The lowest BCUT2D eigenvalue weighted by Gasteiger charge is -2.08. The highest BCUT2D eigenvalue weighted by Crippen LogP contribution is 2.18. The molecule has 0 atom stereocenters. The second-order valence-electron chi connectivity index (χ2n) is 4.07. The van der Waals surface area contributed by atoms with Gasteiger partial charge in [-0.25, -0.2) is 0 Å². The molecule has 0 bridgehead atoms. The molecule has 1 saturated carbocycles. The van der Waals surface area contributed by atoms with Gasteiger partial charge in [0, 0.05) is 31.4 Å². The maximum Gasteiger partial charge on any atom is 0.250 e. The predicted molar refractivity (Wildman–Crippen MR) is 60.9 cm³/mol. The molecule has 0 spiro atoms. The Balaban J connectivity index is 1.87. The molecule has 1 aliphatic carbocycles. The van der Waals surface area contributed by atoms with Gasteiger partial charge in [-0.3, -0.25) is 4.79 Å². The van der Waals surface area contributed by atoms with Crippen LogP contribution >= 0.6 is 0 Å². The fourth-order valence-corrected chi connectivity index (χ4v) is 1.46. The van der Waals surface area contributed by atoms with Crippen molar-refractivity contribution in [2.45, 2.75) is 25.4 Å². The first-order valence-corrected chi connectivity index (χ1v) is 5.31. The quantitative estimate of drug-likeness (QED) is 0.730. The van der Waals surface area contributed by atoms with Crippen LogP contribution in [0.25, 0.3) is 0 Å². The van der Waals surface area contributed by atoms with E-state index in [1.807, 2.05) is 6.07 Å². The lowest BCUT2D eigenvalue weighted by Crippen LogP contribution is -2.24. The van der Waals surface area contributed by atoms with Crippen LogP contribution in [0.5, 0.6) is 0 Å². The monoisotopic (exact) mass is 204 g/mol. The van der Waals surface area contributed by atoms with Crippen molar-refractivity contribution in [3.63, 3.8) is 0 Å². The topological polar surface area (TPSA) is 34.0 Å². The third-order valence-electron chi connectivity index (χ3n) is 2.51. The first-order valence-electron chi connectivity index (χ1n) is 5.31. The zero-order valence-electron chi connectivity index (χ0n) is 8.78. The summed E-state index contributed by atoms with van der Waals surface area (Å²) in [6.45, 7) is 5.39. The molecule has 3 heteroatoms. The Kier molecular flexibility index (Phi) is 3.02. The molecule has 2 rings (SSSR count). The van der Waals surface area contributed by atoms with Crippen molar-refractivity contribution in [1.82, 2.24) is 9.88 Å². The second kappa shape index (κ2) is 4.45. The van der Waals surface area contributed by atoms with Crippen LogP contribution in [0, 0.1) is 0 Å². The van der Waals surface area contributed by atoms with E-state index in [9.17, 15) is 4.79 Å². The number of rotatable bonds is 5. The van der Waals surface area contributed by atoms with Crippen molar-refractivity contribution < 1.29 is 0 Å². The molecule has 0 saturated heterocycles. The standard InChI is InChI=1S/C12H16N2O/c1-10(8-13-11-5-6-11)9-14-7-3-2-4-12(14)15/h2-4,7,11,13H,1,5-6,8-9H2. The Morgan fingerprint density at radius 2 is 2.33 bits per heavy atom. The normalized spacial score (nSPS) is 15.2. The Hall–Kier alpha value is -1.35. The highest BCUT2D eigenvalue weighted by Gasteiger charge is 2.19. The predicted octanol–water partition coefficient (Wildman–Crippen LogP) is 1.16. The Morgan fingerprint density at radius 3 is 3.00 bits per heavy atom. The smallest absolute Gasteiger partial charge is 0.250 e. The average Bonchev–Trinajstić information content (AvgIpc) is 3.02. The summed E-state index contributed by atoms with van der Waals surface area (Å²) >= 11 is 0. The summed E-state index contributed by atoms with van der Waals surface area (Å²) in [6.07, 6.45) is 4.35. The van der Waals surface area contributed by atoms with E-state index in [0.717, 1.165) is 12.1 Å². The fraction of sp³-hybridized carbons (Fsp3) is 0.417. The van der Waals surface area contributed by atoms with Gasteiger partial charge in [0.15, 0.2) is 0 Å². The van der Waals surface area contributed by atoms with Gasteiger partial charge >= 0.3 is 0 Å². The lowest BCUT2D eigenvalue weighted by atomic mass is 10.3. The molecule has 1 aliphatic rings. The number of nitrogens with zero attached hydrogens (tertiary/aromatic N) is 1. The van der Waals surface area contributed by atoms with Gasteiger partial charge in [0.2, 0.25) is 0 Å². The molecule has 1 N–H and O–H groups in total. The summed E-state index contributed by atoms with van der Waals surface area (Å²) in [7, 11) is 0. The fourth-order valence-electron chi connectivity index (χ4n) is 1.46. The van der Waals surface area contributed by atoms with Gasteiger partial charge in [0.05, 0.1) is 0 Å². The van der Waals surface area contributed by atoms with Crippen LogP contribution in [-0.2, 0) is 6.54 Å². The molecule has 0 radical (unpaired) electrons. The number of nitrogens with one attached hydrogen (secondary N) is 1. The van der Waals surface area contributed by atoms with Gasteiger partial charge in [0.1, 0.15) is 0 Å². The van der Waals surface area contributed by atoms with Gasteiger partial charge in [0.25, 0.3) is 5.56 Å². The molecule has 0 aromatic carbocycles. The van der Waals surface area contributed by atoms with Crippen LogP contribution in [0.4, 0.5) is 0 Å². The van der Waals surface area contributed by atoms with E-state index in [2.05, 4.69) is 11.9 Å². The van der Waals surface area contributed by atoms with Crippen LogP contribution in [0.1, 0.15) is 12.8 Å². The van der Waals surface area contributed by atoms with Crippen molar-refractivity contribution in [3.05, 3.63) is 46.9 Å². The van der Waals surface area contributed by atoms with E-state index in [0.29, 0.717) is 12.6 Å². The first-order chi connectivity index (χ1) is 7.25. The summed E-state index contributed by atoms with van der Waals surface area (Å²) in [4.78, 5) is 11.4. The zero-order chi connectivity index (χ0) is 10.7. The van der Waals surface area contributed by atoms with Crippen LogP contribution in [0.15, 0.2) is 41.3 Å².